The van der Waals surface area contributed by atoms with Crippen LogP contribution in [0.1, 0.15) is 46.0 Å². The second-order valence-electron chi connectivity index (χ2n) is 3.60. The van der Waals surface area contributed by atoms with Crippen LogP contribution in [0.2, 0.25) is 0 Å². The summed E-state index contributed by atoms with van der Waals surface area (Å²) in [6.07, 6.45) is 4.81. The number of cyclic esters (lactones) is 1. The summed E-state index contributed by atoms with van der Waals surface area (Å²) in [5.74, 6) is -0.218. The van der Waals surface area contributed by atoms with Crippen molar-refractivity contribution in [2.45, 2.75) is 52.1 Å². The summed E-state index contributed by atoms with van der Waals surface area (Å²) in [5.41, 5.74) is 0.724. The van der Waals surface area contributed by atoms with Gasteiger partial charge in [-0.15, -0.1) is 0 Å². The molecule has 0 aromatic carbocycles. The first-order valence-electron chi connectivity index (χ1n) is 5.30. The van der Waals surface area contributed by atoms with Crippen molar-refractivity contribution >= 4 is 17.6 Å². The number of hydrogen-bond acceptors (Lipinski definition) is 2. The Kier molecular flexibility index (Phi) is 4.46. The molecule has 0 aliphatic carbocycles. The van der Waals surface area contributed by atoms with E-state index in [1.807, 2.05) is 0 Å². The molecule has 1 rings (SSSR count). The van der Waals surface area contributed by atoms with Crippen LogP contribution < -0.4 is 0 Å². The quantitative estimate of drug-likeness (QED) is 0.520. The highest BCUT2D eigenvalue weighted by atomic mass is 35.5. The van der Waals surface area contributed by atoms with Crippen LogP contribution in [0.15, 0.2) is 10.6 Å². The minimum Gasteiger partial charge on any atom is -0.454 e. The second kappa shape index (κ2) is 5.40. The van der Waals surface area contributed by atoms with E-state index in [1.165, 1.54) is 0 Å². The average molecular weight is 217 g/mol. The molecule has 0 amide bonds. The van der Waals surface area contributed by atoms with Crippen molar-refractivity contribution in [3.05, 3.63) is 10.6 Å². The zero-order chi connectivity index (χ0) is 10.6. The van der Waals surface area contributed by atoms with Crippen LogP contribution in [-0.2, 0) is 9.53 Å². The first-order valence-corrected chi connectivity index (χ1v) is 5.68. The zero-order valence-corrected chi connectivity index (χ0v) is 9.56. The summed E-state index contributed by atoms with van der Waals surface area (Å²) in [4.78, 5) is 11.2. The van der Waals surface area contributed by atoms with Gasteiger partial charge in [0.1, 0.15) is 6.10 Å². The molecule has 0 spiro atoms. The summed E-state index contributed by atoms with van der Waals surface area (Å²) < 4.78 is 5.01. The predicted molar refractivity (Wildman–Crippen MR) is 57.2 cm³/mol. The summed E-state index contributed by atoms with van der Waals surface area (Å²) in [6.45, 7) is 4.18. The molecule has 3 heteroatoms. The number of carbonyl (C=O) groups excluding carboxylic acids is 1. The van der Waals surface area contributed by atoms with Crippen molar-refractivity contribution in [3.8, 4) is 0 Å². The largest absolute Gasteiger partial charge is 0.454 e. The molecule has 1 fully saturated rings. The van der Waals surface area contributed by atoms with Gasteiger partial charge >= 0.3 is 5.97 Å². The van der Waals surface area contributed by atoms with Crippen molar-refractivity contribution in [1.82, 2.24) is 0 Å². The Bertz CT molecular complexity index is 246. The van der Waals surface area contributed by atoms with Gasteiger partial charge in [-0.25, -0.2) is 4.79 Å². The van der Waals surface area contributed by atoms with Gasteiger partial charge in [-0.3, -0.25) is 0 Å². The van der Waals surface area contributed by atoms with Crippen molar-refractivity contribution < 1.29 is 9.53 Å². The molecule has 1 heterocycles. The van der Waals surface area contributed by atoms with Crippen molar-refractivity contribution in [3.63, 3.8) is 0 Å². The maximum atomic E-state index is 11.2. The molecule has 0 radical (unpaired) electrons. The third-order valence-electron chi connectivity index (χ3n) is 2.38. The molecule has 1 saturated heterocycles. The predicted octanol–water partition coefficient (Wildman–Crippen LogP) is 3.40. The Morgan fingerprint density at radius 1 is 1.43 bits per heavy atom. The highest BCUT2D eigenvalue weighted by Gasteiger charge is 2.37. The fourth-order valence-corrected chi connectivity index (χ4v) is 1.87. The maximum absolute atomic E-state index is 11.2. The first kappa shape index (κ1) is 11.6. The highest BCUT2D eigenvalue weighted by Crippen LogP contribution is 2.32. The summed E-state index contributed by atoms with van der Waals surface area (Å²) in [5, 5.41) is 0.710. The molecule has 2 nitrogen and oxygen atoms in total. The van der Waals surface area contributed by atoms with Crippen LogP contribution in [-0.4, -0.2) is 12.1 Å². The number of allylic oxidation sites excluding steroid dienone is 1. The lowest BCUT2D eigenvalue weighted by molar-refractivity contribution is -0.156. The van der Waals surface area contributed by atoms with Gasteiger partial charge in [-0.2, -0.15) is 0 Å². The topological polar surface area (TPSA) is 26.3 Å². The SMILES string of the molecule is CCCC/C(Cl)=C1/C(=O)OC1CCC. The fourth-order valence-electron chi connectivity index (χ4n) is 1.54. The number of carbonyl (C=O) groups is 1. The lowest BCUT2D eigenvalue weighted by Crippen LogP contribution is -2.37. The molecule has 80 valence electrons. The van der Waals surface area contributed by atoms with E-state index in [9.17, 15) is 4.79 Å². The summed E-state index contributed by atoms with van der Waals surface area (Å²) >= 11 is 6.07. The number of unbranched alkanes of at least 4 members (excludes halogenated alkanes) is 1. The molecule has 1 aliphatic heterocycles. The molecule has 0 bridgehead atoms. The van der Waals surface area contributed by atoms with Crippen LogP contribution >= 0.6 is 11.6 Å². The van der Waals surface area contributed by atoms with Gasteiger partial charge in [0.25, 0.3) is 0 Å². The van der Waals surface area contributed by atoms with E-state index in [0.29, 0.717) is 5.03 Å². The van der Waals surface area contributed by atoms with E-state index < -0.39 is 0 Å². The van der Waals surface area contributed by atoms with Crippen LogP contribution in [0.5, 0.6) is 0 Å². The van der Waals surface area contributed by atoms with Gasteiger partial charge in [-0.1, -0.05) is 38.3 Å². The molecular weight excluding hydrogens is 200 g/mol. The molecule has 14 heavy (non-hydrogen) atoms. The van der Waals surface area contributed by atoms with Gasteiger partial charge in [0, 0.05) is 5.03 Å². The molecule has 1 unspecified atom stereocenters. The Morgan fingerprint density at radius 2 is 2.14 bits per heavy atom. The summed E-state index contributed by atoms with van der Waals surface area (Å²) in [6, 6.07) is 0. The Balaban J connectivity index is 2.57. The number of ether oxygens (including phenoxy) is 1. The summed E-state index contributed by atoms with van der Waals surface area (Å²) in [7, 11) is 0. The van der Waals surface area contributed by atoms with Gasteiger partial charge in [0.2, 0.25) is 0 Å². The number of esters is 1. The Labute approximate surface area is 90.3 Å². The molecule has 0 aromatic rings. The van der Waals surface area contributed by atoms with Crippen molar-refractivity contribution in [2.24, 2.45) is 0 Å². The van der Waals surface area contributed by atoms with E-state index in [-0.39, 0.29) is 12.1 Å². The van der Waals surface area contributed by atoms with E-state index in [4.69, 9.17) is 16.3 Å². The monoisotopic (exact) mass is 216 g/mol. The minimum absolute atomic E-state index is 0.0307. The normalized spacial score (nSPS) is 24.2. The average Bonchev–Trinajstić information content (AvgIpc) is 2.14. The van der Waals surface area contributed by atoms with Crippen LogP contribution in [0.25, 0.3) is 0 Å². The third kappa shape index (κ3) is 2.50. The minimum atomic E-state index is -0.218. The molecule has 1 atom stereocenters. The fraction of sp³-hybridized carbons (Fsp3) is 0.727. The molecule has 0 aromatic heterocycles. The Morgan fingerprint density at radius 3 is 2.64 bits per heavy atom. The zero-order valence-electron chi connectivity index (χ0n) is 8.81. The number of halogens is 1. The van der Waals surface area contributed by atoms with Crippen LogP contribution in [0.4, 0.5) is 0 Å². The van der Waals surface area contributed by atoms with Gasteiger partial charge in [0.05, 0.1) is 5.57 Å². The third-order valence-corrected chi connectivity index (χ3v) is 2.78. The van der Waals surface area contributed by atoms with E-state index >= 15 is 0 Å². The van der Waals surface area contributed by atoms with E-state index in [0.717, 1.165) is 37.7 Å². The number of hydrogen-bond donors (Lipinski definition) is 0. The first-order chi connectivity index (χ1) is 6.70. The van der Waals surface area contributed by atoms with E-state index in [2.05, 4.69) is 13.8 Å². The molecule has 0 N–H and O–H groups in total. The van der Waals surface area contributed by atoms with Crippen molar-refractivity contribution in [2.75, 3.05) is 0 Å². The van der Waals surface area contributed by atoms with E-state index in [1.54, 1.807) is 0 Å². The lowest BCUT2D eigenvalue weighted by atomic mass is 9.98. The molecular formula is C11H17ClO2. The smallest absolute Gasteiger partial charge is 0.339 e. The Hall–Kier alpha value is -0.500. The van der Waals surface area contributed by atoms with Gasteiger partial charge in [0.15, 0.2) is 0 Å². The molecule has 1 aliphatic rings. The lowest BCUT2D eigenvalue weighted by Gasteiger charge is -2.29. The van der Waals surface area contributed by atoms with Gasteiger partial charge in [-0.05, 0) is 19.3 Å². The highest BCUT2D eigenvalue weighted by molar-refractivity contribution is 6.32. The van der Waals surface area contributed by atoms with Crippen molar-refractivity contribution in [1.29, 1.82) is 0 Å². The second-order valence-corrected chi connectivity index (χ2v) is 4.06. The van der Waals surface area contributed by atoms with Crippen LogP contribution in [0.3, 0.4) is 0 Å². The maximum Gasteiger partial charge on any atom is 0.339 e. The standard InChI is InChI=1S/C11H17ClO2/c1-3-5-7-8(12)10-9(6-4-2)14-11(10)13/h9H,3-7H2,1-2H3/b10-8-. The van der Waals surface area contributed by atoms with Gasteiger partial charge < -0.3 is 4.74 Å². The molecule has 0 saturated carbocycles. The van der Waals surface area contributed by atoms with Crippen LogP contribution in [0, 0.1) is 0 Å². The number of rotatable bonds is 5.